The van der Waals surface area contributed by atoms with Crippen molar-refractivity contribution in [2.24, 2.45) is 5.41 Å². The van der Waals surface area contributed by atoms with Gasteiger partial charge in [0.2, 0.25) is 5.91 Å². The van der Waals surface area contributed by atoms with Gasteiger partial charge in [0, 0.05) is 25.7 Å². The van der Waals surface area contributed by atoms with Crippen LogP contribution in [0.25, 0.3) is 0 Å². The van der Waals surface area contributed by atoms with Gasteiger partial charge in [0.15, 0.2) is 0 Å². The molecule has 23 heavy (non-hydrogen) atoms. The molecule has 4 heteroatoms. The van der Waals surface area contributed by atoms with Gasteiger partial charge in [-0.05, 0) is 51.5 Å². The standard InChI is InChI=1S/C19H34N2O2/c1-23-15-19(11-6-12-19)18(22)20-13-10-17-9-4-5-14-21(17)16-7-2-3-8-16/h16-17H,2-15H2,1H3,(H,20,22)/t17-/m0/s1. The summed E-state index contributed by atoms with van der Waals surface area (Å²) in [6, 6.07) is 1.51. The van der Waals surface area contributed by atoms with Gasteiger partial charge in [-0.15, -0.1) is 0 Å². The van der Waals surface area contributed by atoms with Gasteiger partial charge in [-0.3, -0.25) is 9.69 Å². The second kappa shape index (κ2) is 7.98. The number of nitrogens with one attached hydrogen (secondary N) is 1. The van der Waals surface area contributed by atoms with Gasteiger partial charge < -0.3 is 10.1 Å². The Labute approximate surface area is 141 Å². The van der Waals surface area contributed by atoms with Gasteiger partial charge in [0.25, 0.3) is 0 Å². The molecule has 0 aromatic rings. The highest BCUT2D eigenvalue weighted by molar-refractivity contribution is 5.83. The van der Waals surface area contributed by atoms with Crippen molar-refractivity contribution in [1.82, 2.24) is 10.2 Å². The predicted octanol–water partition coefficient (Wildman–Crippen LogP) is 3.11. The van der Waals surface area contributed by atoms with E-state index in [1.54, 1.807) is 7.11 Å². The minimum atomic E-state index is -0.216. The minimum Gasteiger partial charge on any atom is -0.384 e. The fourth-order valence-electron chi connectivity index (χ4n) is 4.91. The maximum atomic E-state index is 12.5. The van der Waals surface area contributed by atoms with Crippen LogP contribution >= 0.6 is 0 Å². The first kappa shape index (κ1) is 17.2. The zero-order chi connectivity index (χ0) is 16.1. The first-order chi connectivity index (χ1) is 11.2. The van der Waals surface area contributed by atoms with Gasteiger partial charge in [0.1, 0.15) is 0 Å². The smallest absolute Gasteiger partial charge is 0.228 e. The van der Waals surface area contributed by atoms with Crippen LogP contribution in [0.4, 0.5) is 0 Å². The number of ether oxygens (including phenoxy) is 1. The van der Waals surface area contributed by atoms with E-state index in [0.717, 1.165) is 38.3 Å². The zero-order valence-corrected chi connectivity index (χ0v) is 14.8. The average molecular weight is 322 g/mol. The van der Waals surface area contributed by atoms with Crippen molar-refractivity contribution in [1.29, 1.82) is 0 Å². The van der Waals surface area contributed by atoms with Crippen molar-refractivity contribution in [3.05, 3.63) is 0 Å². The topological polar surface area (TPSA) is 41.6 Å². The van der Waals surface area contributed by atoms with Crippen molar-refractivity contribution in [3.8, 4) is 0 Å². The molecule has 1 amide bonds. The van der Waals surface area contributed by atoms with Crippen LogP contribution in [-0.4, -0.2) is 49.7 Å². The molecule has 2 aliphatic carbocycles. The van der Waals surface area contributed by atoms with Crippen LogP contribution < -0.4 is 5.32 Å². The number of hydrogen-bond acceptors (Lipinski definition) is 3. The van der Waals surface area contributed by atoms with Crippen LogP contribution in [0.15, 0.2) is 0 Å². The Morgan fingerprint density at radius 1 is 1.13 bits per heavy atom. The van der Waals surface area contributed by atoms with Crippen molar-refractivity contribution in [2.75, 3.05) is 26.8 Å². The van der Waals surface area contributed by atoms with E-state index in [-0.39, 0.29) is 11.3 Å². The number of likely N-dealkylation sites (tertiary alicyclic amines) is 1. The number of nitrogens with zero attached hydrogens (tertiary/aromatic N) is 1. The van der Waals surface area contributed by atoms with Crippen LogP contribution in [0.1, 0.15) is 70.6 Å². The first-order valence-electron chi connectivity index (χ1n) is 9.78. The number of carbonyl (C=O) groups is 1. The minimum absolute atomic E-state index is 0.216. The van der Waals surface area contributed by atoms with Crippen molar-refractivity contribution in [3.63, 3.8) is 0 Å². The van der Waals surface area contributed by atoms with Gasteiger partial charge in [-0.1, -0.05) is 25.7 Å². The van der Waals surface area contributed by atoms with Crippen LogP contribution in [0, 0.1) is 5.41 Å². The molecule has 1 aliphatic heterocycles. The highest BCUT2D eigenvalue weighted by Gasteiger charge is 2.44. The summed E-state index contributed by atoms with van der Waals surface area (Å²) in [6.45, 7) is 2.69. The lowest BCUT2D eigenvalue weighted by atomic mass is 9.68. The Balaban J connectivity index is 1.45. The third kappa shape index (κ3) is 3.90. The Morgan fingerprint density at radius 3 is 2.52 bits per heavy atom. The van der Waals surface area contributed by atoms with E-state index < -0.39 is 0 Å². The van der Waals surface area contributed by atoms with E-state index in [1.807, 2.05) is 0 Å². The Bertz CT molecular complexity index is 389. The maximum absolute atomic E-state index is 12.5. The fourth-order valence-corrected chi connectivity index (χ4v) is 4.91. The van der Waals surface area contributed by atoms with Crippen LogP contribution in [-0.2, 0) is 9.53 Å². The van der Waals surface area contributed by atoms with E-state index in [1.165, 1.54) is 51.5 Å². The Hall–Kier alpha value is -0.610. The summed E-state index contributed by atoms with van der Waals surface area (Å²) in [4.78, 5) is 15.3. The van der Waals surface area contributed by atoms with E-state index in [9.17, 15) is 4.79 Å². The summed E-state index contributed by atoms with van der Waals surface area (Å²) in [5.41, 5.74) is -0.216. The predicted molar refractivity (Wildman–Crippen MR) is 92.4 cm³/mol. The molecule has 0 unspecified atom stereocenters. The second-order valence-corrected chi connectivity index (χ2v) is 7.94. The van der Waals surface area contributed by atoms with Gasteiger partial charge in [0.05, 0.1) is 12.0 Å². The lowest BCUT2D eigenvalue weighted by molar-refractivity contribution is -0.140. The molecule has 2 saturated carbocycles. The Kier molecular flexibility index (Phi) is 5.97. The quantitative estimate of drug-likeness (QED) is 0.783. The first-order valence-corrected chi connectivity index (χ1v) is 9.78. The molecule has 0 radical (unpaired) electrons. The molecule has 3 aliphatic rings. The molecule has 3 fully saturated rings. The fraction of sp³-hybridized carbons (Fsp3) is 0.947. The van der Waals surface area contributed by atoms with Gasteiger partial charge in [-0.2, -0.15) is 0 Å². The summed E-state index contributed by atoms with van der Waals surface area (Å²) in [7, 11) is 1.70. The summed E-state index contributed by atoms with van der Waals surface area (Å²) < 4.78 is 5.28. The molecule has 0 aromatic carbocycles. The van der Waals surface area contributed by atoms with Gasteiger partial charge >= 0.3 is 0 Å². The van der Waals surface area contributed by atoms with E-state index in [0.29, 0.717) is 12.6 Å². The number of carbonyl (C=O) groups excluding carboxylic acids is 1. The number of rotatable bonds is 7. The molecule has 1 atom stereocenters. The van der Waals surface area contributed by atoms with E-state index >= 15 is 0 Å². The molecule has 0 spiro atoms. The monoisotopic (exact) mass is 322 g/mol. The zero-order valence-electron chi connectivity index (χ0n) is 14.8. The maximum Gasteiger partial charge on any atom is 0.228 e. The molecular weight excluding hydrogens is 288 g/mol. The van der Waals surface area contributed by atoms with E-state index in [2.05, 4.69) is 10.2 Å². The molecule has 132 valence electrons. The third-order valence-electron chi connectivity index (χ3n) is 6.44. The number of amides is 1. The SMILES string of the molecule is COCC1(C(=O)NCC[C@@H]2CCCCN2C2CCCC2)CCC1. The summed E-state index contributed by atoms with van der Waals surface area (Å²) in [5.74, 6) is 0.230. The molecular formula is C19H34N2O2. The van der Waals surface area contributed by atoms with Crippen molar-refractivity contribution >= 4 is 5.91 Å². The largest absolute Gasteiger partial charge is 0.384 e. The number of piperidine rings is 1. The Morgan fingerprint density at radius 2 is 1.87 bits per heavy atom. The normalized spacial score (nSPS) is 28.5. The third-order valence-corrected chi connectivity index (χ3v) is 6.44. The molecule has 1 saturated heterocycles. The molecule has 0 aromatic heterocycles. The van der Waals surface area contributed by atoms with Gasteiger partial charge in [-0.25, -0.2) is 0 Å². The summed E-state index contributed by atoms with van der Waals surface area (Å²) in [6.07, 6.45) is 13.9. The summed E-state index contributed by atoms with van der Waals surface area (Å²) in [5, 5.41) is 3.22. The molecule has 4 nitrogen and oxygen atoms in total. The summed E-state index contributed by atoms with van der Waals surface area (Å²) >= 11 is 0. The number of methoxy groups -OCH3 is 1. The average Bonchev–Trinajstić information content (AvgIpc) is 3.05. The molecule has 3 rings (SSSR count). The highest BCUT2D eigenvalue weighted by Crippen LogP contribution is 2.41. The van der Waals surface area contributed by atoms with Crippen molar-refractivity contribution < 1.29 is 9.53 Å². The van der Waals surface area contributed by atoms with Crippen LogP contribution in [0.2, 0.25) is 0 Å². The molecule has 1 N–H and O–H groups in total. The lowest BCUT2D eigenvalue weighted by Gasteiger charge is -2.41. The second-order valence-electron chi connectivity index (χ2n) is 7.94. The van der Waals surface area contributed by atoms with Crippen molar-refractivity contribution in [2.45, 2.75) is 82.7 Å². The van der Waals surface area contributed by atoms with Crippen LogP contribution in [0.5, 0.6) is 0 Å². The van der Waals surface area contributed by atoms with E-state index in [4.69, 9.17) is 4.74 Å². The molecule has 0 bridgehead atoms. The molecule has 1 heterocycles. The highest BCUT2D eigenvalue weighted by atomic mass is 16.5. The lowest BCUT2D eigenvalue weighted by Crippen LogP contribution is -2.50. The number of hydrogen-bond donors (Lipinski definition) is 1. The van der Waals surface area contributed by atoms with Crippen LogP contribution in [0.3, 0.4) is 0 Å².